The first-order chi connectivity index (χ1) is 9.78. The molecule has 0 aromatic carbocycles. The van der Waals surface area contributed by atoms with Crippen LogP contribution in [0.15, 0.2) is 18.3 Å². The average molecular weight is 269 g/mol. The lowest BCUT2D eigenvalue weighted by atomic mass is 10.1. The SMILES string of the molecule is Cc1cc2c(nn1)OC(Cc1cc3c(cn1)OCC3)C2. The van der Waals surface area contributed by atoms with Gasteiger partial charge in [-0.2, -0.15) is 5.10 Å². The average Bonchev–Trinajstić information content (AvgIpc) is 3.03. The molecule has 2 aliphatic rings. The quantitative estimate of drug-likeness (QED) is 0.830. The van der Waals surface area contributed by atoms with Crippen molar-refractivity contribution in [2.24, 2.45) is 0 Å². The van der Waals surface area contributed by atoms with Gasteiger partial charge in [-0.05, 0) is 19.1 Å². The van der Waals surface area contributed by atoms with Crippen LogP contribution >= 0.6 is 0 Å². The molecule has 2 aliphatic heterocycles. The van der Waals surface area contributed by atoms with E-state index in [4.69, 9.17) is 9.47 Å². The van der Waals surface area contributed by atoms with E-state index in [1.165, 1.54) is 5.56 Å². The Morgan fingerprint density at radius 2 is 2.20 bits per heavy atom. The van der Waals surface area contributed by atoms with Crippen molar-refractivity contribution in [3.05, 3.63) is 40.8 Å². The molecule has 102 valence electrons. The lowest BCUT2D eigenvalue weighted by Crippen LogP contribution is -2.17. The molecule has 0 spiro atoms. The van der Waals surface area contributed by atoms with Crippen LogP contribution in [0.5, 0.6) is 11.6 Å². The van der Waals surface area contributed by atoms with E-state index in [2.05, 4.69) is 21.2 Å². The second-order valence-corrected chi connectivity index (χ2v) is 5.35. The number of hydrogen-bond acceptors (Lipinski definition) is 5. The van der Waals surface area contributed by atoms with E-state index in [9.17, 15) is 0 Å². The van der Waals surface area contributed by atoms with E-state index < -0.39 is 0 Å². The molecule has 2 aromatic heterocycles. The molecule has 0 saturated heterocycles. The molecule has 5 heteroatoms. The standard InChI is InChI=1S/C15H15N3O2/c1-9-4-11-6-13(20-15(11)18-17-9)7-12-5-10-2-3-19-14(10)8-16-12/h4-5,8,13H,2-3,6-7H2,1H3. The van der Waals surface area contributed by atoms with Gasteiger partial charge in [0.25, 0.3) is 0 Å². The number of pyridine rings is 1. The number of aromatic nitrogens is 3. The predicted molar refractivity (Wildman–Crippen MR) is 72.0 cm³/mol. The molecular weight excluding hydrogens is 254 g/mol. The molecule has 2 aromatic rings. The largest absolute Gasteiger partial charge is 0.491 e. The monoisotopic (exact) mass is 269 g/mol. The van der Waals surface area contributed by atoms with Gasteiger partial charge in [0.1, 0.15) is 11.9 Å². The van der Waals surface area contributed by atoms with Crippen molar-refractivity contribution in [2.45, 2.75) is 32.3 Å². The normalized spacial score (nSPS) is 19.1. The van der Waals surface area contributed by atoms with E-state index in [0.29, 0.717) is 5.88 Å². The third kappa shape index (κ3) is 1.99. The summed E-state index contributed by atoms with van der Waals surface area (Å²) >= 11 is 0. The van der Waals surface area contributed by atoms with E-state index >= 15 is 0 Å². The smallest absolute Gasteiger partial charge is 0.237 e. The second kappa shape index (κ2) is 4.44. The molecule has 0 saturated carbocycles. The number of nitrogens with zero attached hydrogens (tertiary/aromatic N) is 3. The Kier molecular flexibility index (Phi) is 2.58. The van der Waals surface area contributed by atoms with Gasteiger partial charge in [-0.3, -0.25) is 4.98 Å². The highest BCUT2D eigenvalue weighted by atomic mass is 16.5. The minimum absolute atomic E-state index is 0.106. The molecule has 0 bridgehead atoms. The Labute approximate surface area is 117 Å². The van der Waals surface area contributed by atoms with E-state index in [1.54, 1.807) is 0 Å². The van der Waals surface area contributed by atoms with Crippen LogP contribution in [0.3, 0.4) is 0 Å². The maximum Gasteiger partial charge on any atom is 0.237 e. The summed E-state index contributed by atoms with van der Waals surface area (Å²) in [7, 11) is 0. The molecule has 4 heterocycles. The van der Waals surface area contributed by atoms with Crippen molar-refractivity contribution in [2.75, 3.05) is 6.61 Å². The first kappa shape index (κ1) is 11.6. The molecule has 4 rings (SSSR count). The highest BCUT2D eigenvalue weighted by Gasteiger charge is 2.26. The third-order valence-electron chi connectivity index (χ3n) is 3.75. The van der Waals surface area contributed by atoms with E-state index in [1.807, 2.05) is 19.2 Å². The van der Waals surface area contributed by atoms with Crippen LogP contribution in [-0.2, 0) is 19.3 Å². The Morgan fingerprint density at radius 1 is 1.25 bits per heavy atom. The van der Waals surface area contributed by atoms with Crippen molar-refractivity contribution in [3.8, 4) is 11.6 Å². The van der Waals surface area contributed by atoms with Crippen LogP contribution in [0.2, 0.25) is 0 Å². The van der Waals surface area contributed by atoms with Gasteiger partial charge in [0.05, 0.1) is 18.5 Å². The molecule has 0 amide bonds. The van der Waals surface area contributed by atoms with Crippen LogP contribution < -0.4 is 9.47 Å². The van der Waals surface area contributed by atoms with Crippen LogP contribution in [0.1, 0.15) is 22.5 Å². The highest BCUT2D eigenvalue weighted by Crippen LogP contribution is 2.29. The van der Waals surface area contributed by atoms with Gasteiger partial charge >= 0.3 is 0 Å². The van der Waals surface area contributed by atoms with Crippen molar-refractivity contribution in [1.82, 2.24) is 15.2 Å². The molecule has 5 nitrogen and oxygen atoms in total. The van der Waals surface area contributed by atoms with Gasteiger partial charge in [-0.25, -0.2) is 0 Å². The molecule has 1 atom stereocenters. The number of ether oxygens (including phenoxy) is 2. The van der Waals surface area contributed by atoms with Crippen molar-refractivity contribution in [3.63, 3.8) is 0 Å². The summed E-state index contributed by atoms with van der Waals surface area (Å²) in [6.07, 6.45) is 4.57. The Bertz CT molecular complexity index is 672. The van der Waals surface area contributed by atoms with Crippen molar-refractivity contribution < 1.29 is 9.47 Å². The fourth-order valence-corrected chi connectivity index (χ4v) is 2.81. The second-order valence-electron chi connectivity index (χ2n) is 5.35. The summed E-state index contributed by atoms with van der Waals surface area (Å²) in [5, 5.41) is 8.13. The summed E-state index contributed by atoms with van der Waals surface area (Å²) < 4.78 is 11.3. The fraction of sp³-hybridized carbons (Fsp3) is 0.400. The minimum Gasteiger partial charge on any atom is -0.491 e. The number of aryl methyl sites for hydroxylation is 1. The highest BCUT2D eigenvalue weighted by molar-refractivity contribution is 5.36. The molecule has 0 radical (unpaired) electrons. The summed E-state index contributed by atoms with van der Waals surface area (Å²) in [6.45, 7) is 2.71. The van der Waals surface area contributed by atoms with Gasteiger partial charge < -0.3 is 9.47 Å². The van der Waals surface area contributed by atoms with Crippen LogP contribution in [0.4, 0.5) is 0 Å². The Hall–Kier alpha value is -2.17. The number of rotatable bonds is 2. The number of hydrogen-bond donors (Lipinski definition) is 0. The molecule has 0 aliphatic carbocycles. The Morgan fingerprint density at radius 3 is 3.15 bits per heavy atom. The summed E-state index contributed by atoms with van der Waals surface area (Å²) in [5.74, 6) is 1.59. The fourth-order valence-electron chi connectivity index (χ4n) is 2.81. The third-order valence-corrected chi connectivity index (χ3v) is 3.75. The lowest BCUT2D eigenvalue weighted by Gasteiger charge is -2.09. The Balaban J connectivity index is 1.51. The lowest BCUT2D eigenvalue weighted by molar-refractivity contribution is 0.222. The number of fused-ring (bicyclic) bond motifs is 2. The first-order valence-electron chi connectivity index (χ1n) is 6.88. The summed E-state index contributed by atoms with van der Waals surface area (Å²) in [6, 6.07) is 4.18. The van der Waals surface area contributed by atoms with Gasteiger partial charge in [-0.15, -0.1) is 5.10 Å². The molecule has 0 fully saturated rings. The van der Waals surface area contributed by atoms with Crippen LogP contribution in [0, 0.1) is 6.92 Å². The summed E-state index contributed by atoms with van der Waals surface area (Å²) in [5.41, 5.74) is 4.38. The van der Waals surface area contributed by atoms with Gasteiger partial charge in [-0.1, -0.05) is 0 Å². The van der Waals surface area contributed by atoms with Crippen molar-refractivity contribution in [1.29, 1.82) is 0 Å². The minimum atomic E-state index is 0.106. The van der Waals surface area contributed by atoms with E-state index in [-0.39, 0.29) is 6.10 Å². The predicted octanol–water partition coefficient (Wildman–Crippen LogP) is 1.66. The molecule has 1 unspecified atom stereocenters. The van der Waals surface area contributed by atoms with Crippen LogP contribution in [0.25, 0.3) is 0 Å². The maximum atomic E-state index is 5.84. The van der Waals surface area contributed by atoms with Crippen LogP contribution in [-0.4, -0.2) is 27.9 Å². The first-order valence-corrected chi connectivity index (χ1v) is 6.88. The maximum absolute atomic E-state index is 5.84. The van der Waals surface area contributed by atoms with Gasteiger partial charge in [0.2, 0.25) is 5.88 Å². The zero-order valence-corrected chi connectivity index (χ0v) is 11.3. The molecular formula is C15H15N3O2. The van der Waals surface area contributed by atoms with Crippen molar-refractivity contribution >= 4 is 0 Å². The molecule has 20 heavy (non-hydrogen) atoms. The van der Waals surface area contributed by atoms with E-state index in [0.717, 1.165) is 48.6 Å². The zero-order chi connectivity index (χ0) is 13.5. The zero-order valence-electron chi connectivity index (χ0n) is 11.3. The van der Waals surface area contributed by atoms with Gasteiger partial charge in [0, 0.05) is 36.1 Å². The topological polar surface area (TPSA) is 57.1 Å². The summed E-state index contributed by atoms with van der Waals surface area (Å²) in [4.78, 5) is 4.45. The van der Waals surface area contributed by atoms with Gasteiger partial charge in [0.15, 0.2) is 0 Å². The molecule has 0 N–H and O–H groups in total.